The first-order valence-corrected chi connectivity index (χ1v) is 9.61. The van der Waals surface area contributed by atoms with Gasteiger partial charge in [-0.1, -0.05) is 6.92 Å². The van der Waals surface area contributed by atoms with Crippen LogP contribution in [0.25, 0.3) is 0 Å². The second-order valence-corrected chi connectivity index (χ2v) is 8.50. The Kier molecular flexibility index (Phi) is 4.46. The summed E-state index contributed by atoms with van der Waals surface area (Å²) in [6.45, 7) is 4.48. The Morgan fingerprint density at radius 1 is 1.09 bits per heavy atom. The molecule has 0 radical (unpaired) electrons. The molecule has 0 spiro atoms. The summed E-state index contributed by atoms with van der Waals surface area (Å²) in [7, 11) is -3.34. The Balaban J connectivity index is 1.70. The maximum atomic E-state index is 12.7. The van der Waals surface area contributed by atoms with Crippen molar-refractivity contribution in [2.45, 2.75) is 17.6 Å². The highest BCUT2D eigenvalue weighted by Gasteiger charge is 2.29. The van der Waals surface area contributed by atoms with Gasteiger partial charge in [0, 0.05) is 49.1 Å². The van der Waals surface area contributed by atoms with E-state index in [-0.39, 0.29) is 0 Å². The SMILES string of the molecule is CCc1ccc(S(=O)(=O)N2CCN(c3ccncc3)CC2)s1. The molecule has 2 aromatic rings. The van der Waals surface area contributed by atoms with Crippen molar-refractivity contribution < 1.29 is 8.42 Å². The largest absolute Gasteiger partial charge is 0.369 e. The van der Waals surface area contributed by atoms with Crippen LogP contribution in [0.5, 0.6) is 0 Å². The summed E-state index contributed by atoms with van der Waals surface area (Å²) in [5, 5.41) is 0. The smallest absolute Gasteiger partial charge is 0.252 e. The van der Waals surface area contributed by atoms with Crippen LogP contribution in [-0.2, 0) is 16.4 Å². The summed E-state index contributed by atoms with van der Waals surface area (Å²) in [5.41, 5.74) is 1.09. The second-order valence-electron chi connectivity index (χ2n) is 5.17. The molecule has 5 nitrogen and oxygen atoms in total. The van der Waals surface area contributed by atoms with Gasteiger partial charge in [-0.25, -0.2) is 8.42 Å². The fourth-order valence-corrected chi connectivity index (χ4v) is 5.43. The van der Waals surface area contributed by atoms with Gasteiger partial charge in [0.15, 0.2) is 0 Å². The Labute approximate surface area is 135 Å². The number of aromatic nitrogens is 1. The molecular weight excluding hydrogens is 318 g/mol. The third kappa shape index (κ3) is 3.02. The van der Waals surface area contributed by atoms with Crippen LogP contribution >= 0.6 is 11.3 Å². The number of rotatable bonds is 4. The van der Waals surface area contributed by atoms with Gasteiger partial charge in [-0.05, 0) is 30.7 Å². The van der Waals surface area contributed by atoms with Crippen LogP contribution in [0.2, 0.25) is 0 Å². The average Bonchev–Trinajstić information content (AvgIpc) is 3.06. The van der Waals surface area contributed by atoms with Crippen molar-refractivity contribution in [3.63, 3.8) is 0 Å². The molecule has 2 aromatic heterocycles. The number of hydrogen-bond acceptors (Lipinski definition) is 5. The molecule has 0 amide bonds. The van der Waals surface area contributed by atoms with Crippen LogP contribution in [0, 0.1) is 0 Å². The van der Waals surface area contributed by atoms with Gasteiger partial charge in [-0.3, -0.25) is 4.98 Å². The normalized spacial score (nSPS) is 16.9. The number of piperazine rings is 1. The molecule has 3 rings (SSSR count). The monoisotopic (exact) mass is 337 g/mol. The lowest BCUT2D eigenvalue weighted by Gasteiger charge is -2.35. The number of thiophene rings is 1. The maximum absolute atomic E-state index is 12.7. The van der Waals surface area contributed by atoms with Gasteiger partial charge in [-0.15, -0.1) is 11.3 Å². The lowest BCUT2D eigenvalue weighted by atomic mass is 10.3. The lowest BCUT2D eigenvalue weighted by molar-refractivity contribution is 0.386. The predicted molar refractivity (Wildman–Crippen MR) is 88.9 cm³/mol. The molecule has 1 fully saturated rings. The zero-order valence-electron chi connectivity index (χ0n) is 12.5. The Morgan fingerprint density at radius 2 is 1.77 bits per heavy atom. The number of sulfonamides is 1. The maximum Gasteiger partial charge on any atom is 0.252 e. The third-order valence-corrected chi connectivity index (χ3v) is 7.44. The van der Waals surface area contributed by atoms with Crippen molar-refractivity contribution >= 4 is 27.0 Å². The summed E-state index contributed by atoms with van der Waals surface area (Å²) >= 11 is 1.38. The van der Waals surface area contributed by atoms with Crippen LogP contribution in [-0.4, -0.2) is 43.9 Å². The van der Waals surface area contributed by atoms with E-state index in [2.05, 4.69) is 9.88 Å². The third-order valence-electron chi connectivity index (χ3n) is 3.85. The fourth-order valence-electron chi connectivity index (χ4n) is 2.56. The Morgan fingerprint density at radius 3 is 2.36 bits per heavy atom. The first-order valence-electron chi connectivity index (χ1n) is 7.35. The summed E-state index contributed by atoms with van der Waals surface area (Å²) in [6, 6.07) is 7.55. The van der Waals surface area contributed by atoms with Crippen LogP contribution in [0.3, 0.4) is 0 Å². The van der Waals surface area contributed by atoms with Crippen molar-refractivity contribution in [1.82, 2.24) is 9.29 Å². The minimum atomic E-state index is -3.34. The van der Waals surface area contributed by atoms with Crippen molar-refractivity contribution in [2.75, 3.05) is 31.1 Å². The molecule has 1 aliphatic heterocycles. The highest BCUT2D eigenvalue weighted by molar-refractivity contribution is 7.91. The minimum absolute atomic E-state index is 0.460. The molecule has 7 heteroatoms. The molecule has 0 N–H and O–H groups in total. The van der Waals surface area contributed by atoms with Crippen molar-refractivity contribution in [3.05, 3.63) is 41.5 Å². The lowest BCUT2D eigenvalue weighted by Crippen LogP contribution is -2.48. The topological polar surface area (TPSA) is 53.5 Å². The van der Waals surface area contributed by atoms with E-state index < -0.39 is 10.0 Å². The number of nitrogens with zero attached hydrogens (tertiary/aromatic N) is 3. The van der Waals surface area contributed by atoms with E-state index in [0.717, 1.165) is 17.0 Å². The van der Waals surface area contributed by atoms with Crippen LogP contribution in [0.15, 0.2) is 40.9 Å². The minimum Gasteiger partial charge on any atom is -0.369 e. The quantitative estimate of drug-likeness (QED) is 0.858. The molecule has 118 valence electrons. The number of aryl methyl sites for hydroxylation is 1. The predicted octanol–water partition coefficient (Wildman–Crippen LogP) is 2.22. The van der Waals surface area contributed by atoms with E-state index >= 15 is 0 Å². The summed E-state index contributed by atoms with van der Waals surface area (Å²) in [6.07, 6.45) is 4.39. The Hall–Kier alpha value is -1.44. The van der Waals surface area contributed by atoms with E-state index in [9.17, 15) is 8.42 Å². The van der Waals surface area contributed by atoms with Crippen LogP contribution in [0.1, 0.15) is 11.8 Å². The van der Waals surface area contributed by atoms with E-state index in [1.54, 1.807) is 22.8 Å². The molecule has 0 unspecified atom stereocenters. The van der Waals surface area contributed by atoms with Crippen molar-refractivity contribution in [2.24, 2.45) is 0 Å². The summed E-state index contributed by atoms with van der Waals surface area (Å²) < 4.78 is 27.4. The van der Waals surface area contributed by atoms with Crippen LogP contribution < -0.4 is 4.90 Å². The van der Waals surface area contributed by atoms with Gasteiger partial charge >= 0.3 is 0 Å². The molecular formula is C15H19N3O2S2. The number of hydrogen-bond donors (Lipinski definition) is 0. The molecule has 0 atom stereocenters. The molecule has 3 heterocycles. The fraction of sp³-hybridized carbons (Fsp3) is 0.400. The van der Waals surface area contributed by atoms with Gasteiger partial charge in [0.2, 0.25) is 0 Å². The van der Waals surface area contributed by atoms with Gasteiger partial charge in [0.25, 0.3) is 10.0 Å². The molecule has 0 aliphatic carbocycles. The first-order chi connectivity index (χ1) is 10.6. The molecule has 0 saturated carbocycles. The van der Waals surface area contributed by atoms with Crippen molar-refractivity contribution in [1.29, 1.82) is 0 Å². The van der Waals surface area contributed by atoms with E-state index in [1.807, 2.05) is 25.1 Å². The molecule has 0 aromatic carbocycles. The summed E-state index contributed by atoms with van der Waals surface area (Å²) in [4.78, 5) is 7.31. The highest BCUT2D eigenvalue weighted by atomic mass is 32.2. The van der Waals surface area contributed by atoms with Gasteiger partial charge in [0.05, 0.1) is 0 Å². The van der Waals surface area contributed by atoms with Gasteiger partial charge in [-0.2, -0.15) is 4.31 Å². The highest BCUT2D eigenvalue weighted by Crippen LogP contribution is 2.26. The van der Waals surface area contributed by atoms with Gasteiger partial charge in [0.1, 0.15) is 4.21 Å². The zero-order valence-corrected chi connectivity index (χ0v) is 14.1. The first kappa shape index (κ1) is 15.5. The van der Waals surface area contributed by atoms with Crippen molar-refractivity contribution in [3.8, 4) is 0 Å². The van der Waals surface area contributed by atoms with Crippen LogP contribution in [0.4, 0.5) is 5.69 Å². The van der Waals surface area contributed by atoms with E-state index in [0.29, 0.717) is 30.4 Å². The molecule has 22 heavy (non-hydrogen) atoms. The molecule has 1 aliphatic rings. The zero-order chi connectivity index (χ0) is 15.6. The van der Waals surface area contributed by atoms with E-state index in [1.165, 1.54) is 11.3 Å². The molecule has 1 saturated heterocycles. The van der Waals surface area contributed by atoms with Gasteiger partial charge < -0.3 is 4.90 Å². The Bertz CT molecular complexity index is 720. The average molecular weight is 337 g/mol. The summed E-state index contributed by atoms with van der Waals surface area (Å²) in [5.74, 6) is 0. The number of pyridine rings is 1. The standard InChI is InChI=1S/C15H19N3O2S2/c1-2-14-3-4-15(21-14)22(19,20)18-11-9-17(10-12-18)13-5-7-16-8-6-13/h3-8H,2,9-12H2,1H3. The molecule has 0 bridgehead atoms. The second kappa shape index (κ2) is 6.36. The van der Waals surface area contributed by atoms with E-state index in [4.69, 9.17) is 0 Å². The number of anilines is 1.